The summed E-state index contributed by atoms with van der Waals surface area (Å²) in [6.07, 6.45) is 0.618. The summed E-state index contributed by atoms with van der Waals surface area (Å²) in [7, 11) is 0. The van der Waals surface area contributed by atoms with Gasteiger partial charge in [0.05, 0.1) is 4.92 Å². The van der Waals surface area contributed by atoms with Gasteiger partial charge in [-0.05, 0) is 24.6 Å². The Kier molecular flexibility index (Phi) is 5.78. The molecule has 2 aromatic carbocycles. The van der Waals surface area contributed by atoms with Gasteiger partial charge >= 0.3 is 0 Å². The lowest BCUT2D eigenvalue weighted by Crippen LogP contribution is -2.33. The Hall–Kier alpha value is -2.12. The summed E-state index contributed by atoms with van der Waals surface area (Å²) in [4.78, 5) is 24.8. The number of rotatable bonds is 3. The van der Waals surface area contributed by atoms with Crippen molar-refractivity contribution in [3.8, 4) is 0 Å². The first-order valence-corrected chi connectivity index (χ1v) is 9.49. The third kappa shape index (κ3) is 3.99. The molecule has 136 valence electrons. The second kappa shape index (κ2) is 8.05. The van der Waals surface area contributed by atoms with Gasteiger partial charge in [-0.3, -0.25) is 14.9 Å². The number of nitrogens with zero attached hydrogens (tertiary/aromatic N) is 2. The maximum Gasteiger partial charge on any atom is 0.288 e. The summed E-state index contributed by atoms with van der Waals surface area (Å²) < 4.78 is 14.0. The number of halogens is 2. The van der Waals surface area contributed by atoms with Crippen LogP contribution in [-0.2, 0) is 0 Å². The van der Waals surface area contributed by atoms with Gasteiger partial charge in [-0.15, -0.1) is 0 Å². The van der Waals surface area contributed by atoms with Gasteiger partial charge in [0.15, 0.2) is 0 Å². The van der Waals surface area contributed by atoms with E-state index >= 15 is 0 Å². The number of thioether (sulfide) groups is 1. The molecular weight excluding hydrogens is 379 g/mol. The van der Waals surface area contributed by atoms with Crippen molar-refractivity contribution in [3.05, 3.63) is 74.5 Å². The summed E-state index contributed by atoms with van der Waals surface area (Å²) in [5.41, 5.74) is 0.593. The SMILES string of the molecule is O=C(c1ccc(Cl)c([N+](=O)[O-])c1)N1CCSC(c2ccccc2F)CC1. The number of hydrogen-bond donors (Lipinski definition) is 0. The zero-order valence-electron chi connectivity index (χ0n) is 13.7. The van der Waals surface area contributed by atoms with Crippen LogP contribution in [0.4, 0.5) is 10.1 Å². The molecule has 1 saturated heterocycles. The number of amides is 1. The molecular formula is C18H16ClFN2O3S. The molecule has 1 fully saturated rings. The third-order valence-electron chi connectivity index (χ3n) is 4.27. The minimum absolute atomic E-state index is 0.00223. The fraction of sp³-hybridized carbons (Fsp3) is 0.278. The van der Waals surface area contributed by atoms with Gasteiger partial charge in [-0.1, -0.05) is 29.8 Å². The van der Waals surface area contributed by atoms with E-state index in [1.807, 2.05) is 0 Å². The Bertz CT molecular complexity index is 849. The summed E-state index contributed by atoms with van der Waals surface area (Å²) in [6.45, 7) is 0.964. The Morgan fingerprint density at radius 3 is 2.77 bits per heavy atom. The zero-order valence-corrected chi connectivity index (χ0v) is 15.3. The number of nitro benzene ring substituents is 1. The highest BCUT2D eigenvalue weighted by Gasteiger charge is 2.25. The van der Waals surface area contributed by atoms with Crippen molar-refractivity contribution in [1.29, 1.82) is 0 Å². The predicted molar refractivity (Wildman–Crippen MR) is 100 cm³/mol. The van der Waals surface area contributed by atoms with Gasteiger partial charge in [0, 0.05) is 41.3 Å². The molecule has 1 heterocycles. The van der Waals surface area contributed by atoms with Crippen LogP contribution in [0.15, 0.2) is 42.5 Å². The molecule has 3 rings (SSSR count). The fourth-order valence-electron chi connectivity index (χ4n) is 2.93. The molecule has 1 atom stereocenters. The molecule has 8 heteroatoms. The largest absolute Gasteiger partial charge is 0.338 e. The van der Waals surface area contributed by atoms with E-state index in [-0.39, 0.29) is 33.2 Å². The highest BCUT2D eigenvalue weighted by molar-refractivity contribution is 7.99. The number of benzene rings is 2. The van der Waals surface area contributed by atoms with Gasteiger partial charge in [0.25, 0.3) is 11.6 Å². The minimum Gasteiger partial charge on any atom is -0.338 e. The van der Waals surface area contributed by atoms with Gasteiger partial charge in [0.1, 0.15) is 10.8 Å². The lowest BCUT2D eigenvalue weighted by Gasteiger charge is -2.20. The Balaban J connectivity index is 1.75. The molecule has 0 saturated carbocycles. The van der Waals surface area contributed by atoms with E-state index in [0.717, 1.165) is 0 Å². The molecule has 0 aromatic heterocycles. The van der Waals surface area contributed by atoms with E-state index in [1.165, 1.54) is 24.3 Å². The second-order valence-corrected chi connectivity index (χ2v) is 7.60. The average Bonchev–Trinajstić information content (AvgIpc) is 2.88. The van der Waals surface area contributed by atoms with E-state index in [0.29, 0.717) is 30.8 Å². The lowest BCUT2D eigenvalue weighted by atomic mass is 10.1. The van der Waals surface area contributed by atoms with Crippen molar-refractivity contribution < 1.29 is 14.1 Å². The van der Waals surface area contributed by atoms with Crippen LogP contribution < -0.4 is 0 Å². The lowest BCUT2D eigenvalue weighted by molar-refractivity contribution is -0.384. The molecule has 1 aliphatic heterocycles. The van der Waals surface area contributed by atoms with Crippen LogP contribution in [0.5, 0.6) is 0 Å². The molecule has 0 radical (unpaired) electrons. The van der Waals surface area contributed by atoms with E-state index in [9.17, 15) is 19.3 Å². The monoisotopic (exact) mass is 394 g/mol. The van der Waals surface area contributed by atoms with Gasteiger partial charge in [-0.2, -0.15) is 11.8 Å². The van der Waals surface area contributed by atoms with E-state index < -0.39 is 4.92 Å². The molecule has 0 aliphatic carbocycles. The fourth-order valence-corrected chi connectivity index (χ4v) is 4.37. The molecule has 0 bridgehead atoms. The smallest absolute Gasteiger partial charge is 0.288 e. The van der Waals surface area contributed by atoms with Crippen LogP contribution in [0.3, 0.4) is 0 Å². The van der Waals surface area contributed by atoms with E-state index in [2.05, 4.69) is 0 Å². The Labute approximate surface area is 159 Å². The van der Waals surface area contributed by atoms with Crippen LogP contribution in [0, 0.1) is 15.9 Å². The first kappa shape index (κ1) is 18.7. The van der Waals surface area contributed by atoms with E-state index in [1.54, 1.807) is 34.9 Å². The van der Waals surface area contributed by atoms with Gasteiger partial charge in [-0.25, -0.2) is 4.39 Å². The van der Waals surface area contributed by atoms with Crippen molar-refractivity contribution in [2.45, 2.75) is 11.7 Å². The molecule has 0 N–H and O–H groups in total. The summed E-state index contributed by atoms with van der Waals surface area (Å²) in [5, 5.41) is 11.0. The van der Waals surface area contributed by atoms with Crippen molar-refractivity contribution in [2.24, 2.45) is 0 Å². The number of nitro groups is 1. The highest BCUT2D eigenvalue weighted by atomic mass is 35.5. The molecule has 1 amide bonds. The first-order valence-electron chi connectivity index (χ1n) is 8.06. The minimum atomic E-state index is -0.606. The van der Waals surface area contributed by atoms with Gasteiger partial charge in [0.2, 0.25) is 0 Å². The quantitative estimate of drug-likeness (QED) is 0.558. The van der Waals surface area contributed by atoms with Crippen molar-refractivity contribution in [1.82, 2.24) is 4.90 Å². The number of carbonyl (C=O) groups is 1. The van der Waals surface area contributed by atoms with E-state index in [4.69, 9.17) is 11.6 Å². The number of hydrogen-bond acceptors (Lipinski definition) is 4. The highest BCUT2D eigenvalue weighted by Crippen LogP contribution is 2.36. The molecule has 0 spiro atoms. The van der Waals surface area contributed by atoms with Crippen molar-refractivity contribution in [3.63, 3.8) is 0 Å². The number of carbonyl (C=O) groups excluding carboxylic acids is 1. The van der Waals surface area contributed by atoms with Crippen LogP contribution in [-0.4, -0.2) is 34.6 Å². The second-order valence-electron chi connectivity index (χ2n) is 5.89. The maximum absolute atomic E-state index is 14.0. The van der Waals surface area contributed by atoms with Crippen LogP contribution in [0.2, 0.25) is 5.02 Å². The zero-order chi connectivity index (χ0) is 18.7. The Morgan fingerprint density at radius 1 is 1.27 bits per heavy atom. The molecule has 26 heavy (non-hydrogen) atoms. The van der Waals surface area contributed by atoms with Gasteiger partial charge < -0.3 is 4.90 Å². The topological polar surface area (TPSA) is 63.4 Å². The standard InChI is InChI=1S/C18H16ClFN2O3S/c19-14-6-5-12(11-16(14)22(24)25)18(23)21-8-7-17(26-10-9-21)13-3-1-2-4-15(13)20/h1-6,11,17H,7-10H2. The molecule has 1 unspecified atom stereocenters. The molecule has 1 aliphatic rings. The predicted octanol–water partition coefficient (Wildman–Crippen LogP) is 4.71. The summed E-state index contributed by atoms with van der Waals surface area (Å²) >= 11 is 7.42. The maximum atomic E-state index is 14.0. The van der Waals surface area contributed by atoms with Crippen LogP contribution in [0.25, 0.3) is 0 Å². The first-order chi connectivity index (χ1) is 12.5. The normalized spacial score (nSPS) is 17.6. The molecule has 2 aromatic rings. The van der Waals surface area contributed by atoms with Crippen LogP contribution >= 0.6 is 23.4 Å². The summed E-state index contributed by atoms with van der Waals surface area (Å²) in [5.74, 6) is 0.151. The van der Waals surface area contributed by atoms with Crippen molar-refractivity contribution in [2.75, 3.05) is 18.8 Å². The third-order valence-corrected chi connectivity index (χ3v) is 5.90. The summed E-state index contributed by atoms with van der Waals surface area (Å²) in [6, 6.07) is 10.7. The molecule has 5 nitrogen and oxygen atoms in total. The van der Waals surface area contributed by atoms with Crippen LogP contribution in [0.1, 0.15) is 27.6 Å². The van der Waals surface area contributed by atoms with Crippen molar-refractivity contribution >= 4 is 35.0 Å². The average molecular weight is 395 g/mol. The Morgan fingerprint density at radius 2 is 2.04 bits per heavy atom.